The highest BCUT2D eigenvalue weighted by molar-refractivity contribution is 6.09. The molecule has 290 valence electrons. The average Bonchev–Trinajstić information content (AvgIpc) is 3.84. The number of hydrogen-bond donors (Lipinski definition) is 2. The van der Waals surface area contributed by atoms with E-state index in [1.165, 1.54) is 15.6 Å². The average molecular weight is 764 g/mol. The molecule has 5 amide bonds. The Labute approximate surface area is 321 Å². The van der Waals surface area contributed by atoms with Gasteiger partial charge < -0.3 is 24.8 Å². The zero-order valence-electron chi connectivity index (χ0n) is 31.2. The van der Waals surface area contributed by atoms with Gasteiger partial charge in [-0.2, -0.15) is 5.10 Å². The van der Waals surface area contributed by atoms with Crippen LogP contribution in [0, 0.1) is 0 Å². The fourth-order valence-electron chi connectivity index (χ4n) is 8.74. The Morgan fingerprint density at radius 2 is 1.75 bits per heavy atom. The summed E-state index contributed by atoms with van der Waals surface area (Å²) in [6.45, 7) is 6.44. The summed E-state index contributed by atoms with van der Waals surface area (Å²) in [7, 11) is 0. The second-order valence-corrected chi connectivity index (χ2v) is 15.8. The van der Waals surface area contributed by atoms with Gasteiger partial charge in [-0.3, -0.25) is 34.2 Å². The van der Waals surface area contributed by atoms with Crippen LogP contribution >= 0.6 is 0 Å². The Balaban J connectivity index is 0.802. The lowest BCUT2D eigenvalue weighted by molar-refractivity contribution is -0.136. The van der Waals surface area contributed by atoms with Gasteiger partial charge >= 0.3 is 0 Å². The van der Waals surface area contributed by atoms with Crippen molar-refractivity contribution >= 4 is 46.6 Å². The number of alkyl halides is 1. The summed E-state index contributed by atoms with van der Waals surface area (Å²) in [5.41, 5.74) is 3.23. The van der Waals surface area contributed by atoms with Crippen LogP contribution in [0.5, 0.6) is 5.75 Å². The molecular weight excluding hydrogens is 721 g/mol. The molecule has 5 aliphatic rings. The van der Waals surface area contributed by atoms with E-state index in [1.807, 2.05) is 41.8 Å². The summed E-state index contributed by atoms with van der Waals surface area (Å²) in [5.74, 6) is -1.09. The van der Waals surface area contributed by atoms with Crippen molar-refractivity contribution in [2.24, 2.45) is 0 Å². The number of carbonyl (C=O) groups excluding carboxylic acids is 5. The predicted molar refractivity (Wildman–Crippen MR) is 201 cm³/mol. The maximum atomic E-state index is 16.1. The second-order valence-electron chi connectivity index (χ2n) is 15.8. The maximum absolute atomic E-state index is 16.1. The number of hydrogen-bond acceptors (Lipinski definition) is 10. The van der Waals surface area contributed by atoms with Crippen LogP contribution in [0.4, 0.5) is 15.8 Å². The van der Waals surface area contributed by atoms with Gasteiger partial charge in [-0.25, -0.2) is 13.9 Å². The number of nitrogens with zero attached hydrogens (tertiary/aromatic N) is 7. The van der Waals surface area contributed by atoms with Crippen molar-refractivity contribution in [3.63, 3.8) is 0 Å². The zero-order valence-corrected chi connectivity index (χ0v) is 31.2. The summed E-state index contributed by atoms with van der Waals surface area (Å²) in [6.07, 6.45) is 6.49. The first-order chi connectivity index (χ1) is 26.9. The quantitative estimate of drug-likeness (QED) is 0.243. The Morgan fingerprint density at radius 1 is 1.00 bits per heavy atom. The van der Waals surface area contributed by atoms with Crippen LogP contribution in [-0.2, 0) is 22.7 Å². The fourth-order valence-corrected chi connectivity index (χ4v) is 8.74. The minimum absolute atomic E-state index is 0.0133. The molecule has 4 aromatic rings. The minimum Gasteiger partial charge on any atom is -0.489 e. The molecule has 1 unspecified atom stereocenters. The number of halogens is 1. The Morgan fingerprint density at radius 3 is 2.52 bits per heavy atom. The van der Waals surface area contributed by atoms with Crippen LogP contribution < -0.4 is 20.3 Å². The molecule has 9 rings (SSSR count). The number of likely N-dealkylation sites (tertiary alicyclic amines) is 1. The Hall–Kier alpha value is -5.90. The number of aromatic nitrogens is 3. The van der Waals surface area contributed by atoms with Crippen molar-refractivity contribution in [1.29, 1.82) is 0 Å². The normalized spacial score (nSPS) is 21.1. The lowest BCUT2D eigenvalue weighted by Crippen LogP contribution is -2.64. The molecule has 7 heterocycles. The predicted octanol–water partition coefficient (Wildman–Crippen LogP) is 3.18. The Bertz CT molecular complexity index is 2300. The number of fused-ring (bicyclic) bond motifs is 3. The molecule has 16 heteroatoms. The summed E-state index contributed by atoms with van der Waals surface area (Å²) in [6, 6.07) is 10.1. The van der Waals surface area contributed by atoms with Gasteiger partial charge in [0.1, 0.15) is 17.4 Å². The number of ether oxygens (including phenoxy) is 1. The molecular formula is C40H42FN9O6. The number of anilines is 2. The lowest BCUT2D eigenvalue weighted by atomic mass is 9.92. The van der Waals surface area contributed by atoms with E-state index in [1.54, 1.807) is 30.6 Å². The van der Waals surface area contributed by atoms with E-state index in [0.717, 1.165) is 16.8 Å². The molecule has 2 N–H and O–H groups in total. The number of benzene rings is 2. The van der Waals surface area contributed by atoms with Crippen LogP contribution in [0.1, 0.15) is 81.7 Å². The van der Waals surface area contributed by atoms with Crippen LogP contribution in [0.3, 0.4) is 0 Å². The van der Waals surface area contributed by atoms with Crippen molar-refractivity contribution in [2.45, 2.75) is 76.5 Å². The number of imide groups is 1. The highest BCUT2D eigenvalue weighted by atomic mass is 19.1. The van der Waals surface area contributed by atoms with E-state index in [4.69, 9.17) is 4.74 Å². The van der Waals surface area contributed by atoms with Crippen LogP contribution in [0.25, 0.3) is 5.65 Å². The molecule has 3 fully saturated rings. The van der Waals surface area contributed by atoms with E-state index in [9.17, 15) is 24.0 Å². The summed E-state index contributed by atoms with van der Waals surface area (Å²) < 4.78 is 23.7. The van der Waals surface area contributed by atoms with Crippen LogP contribution in [0.2, 0.25) is 0 Å². The van der Waals surface area contributed by atoms with Crippen molar-refractivity contribution in [3.8, 4) is 5.75 Å². The molecule has 15 nitrogen and oxygen atoms in total. The van der Waals surface area contributed by atoms with Crippen molar-refractivity contribution in [1.82, 2.24) is 34.6 Å². The van der Waals surface area contributed by atoms with E-state index in [0.29, 0.717) is 79.2 Å². The number of rotatable bonds is 9. The summed E-state index contributed by atoms with van der Waals surface area (Å²) >= 11 is 0. The van der Waals surface area contributed by atoms with Gasteiger partial charge in [-0.05, 0) is 74.6 Å². The third kappa shape index (κ3) is 6.40. The third-order valence-electron chi connectivity index (χ3n) is 11.5. The SMILES string of the molecule is CC(C)Oc1cc2c(cc1NC(=O)c1cnn3cccnc13)CN(C1CCN(CC3(F)CN(c4ccc5c(c4)C(=O)N(C4CCC(=O)NC4=O)C5)C3)CC1)C2=O. The van der Waals surface area contributed by atoms with Gasteiger partial charge in [0.05, 0.1) is 31.1 Å². The lowest BCUT2D eigenvalue weighted by Gasteiger charge is -2.49. The first kappa shape index (κ1) is 35.8. The van der Waals surface area contributed by atoms with Crippen molar-refractivity contribution in [2.75, 3.05) is 42.9 Å². The van der Waals surface area contributed by atoms with E-state index in [2.05, 4.69) is 25.6 Å². The van der Waals surface area contributed by atoms with E-state index >= 15 is 4.39 Å². The molecule has 0 radical (unpaired) electrons. The molecule has 3 saturated heterocycles. The van der Waals surface area contributed by atoms with Crippen LogP contribution in [0.15, 0.2) is 55.0 Å². The highest BCUT2D eigenvalue weighted by Crippen LogP contribution is 2.39. The monoisotopic (exact) mass is 763 g/mol. The van der Waals surface area contributed by atoms with Gasteiger partial charge in [0.25, 0.3) is 17.7 Å². The molecule has 0 bridgehead atoms. The topological polar surface area (TPSA) is 162 Å². The largest absolute Gasteiger partial charge is 0.489 e. The Kier molecular flexibility index (Phi) is 8.75. The molecule has 2 aromatic heterocycles. The van der Waals surface area contributed by atoms with Gasteiger partial charge in [0.2, 0.25) is 11.8 Å². The highest BCUT2D eigenvalue weighted by Gasteiger charge is 2.47. The molecule has 0 saturated carbocycles. The second kappa shape index (κ2) is 13.7. The molecule has 1 atom stereocenters. The number of piperidine rings is 2. The van der Waals surface area contributed by atoms with Gasteiger partial charge in [0.15, 0.2) is 11.3 Å². The van der Waals surface area contributed by atoms with Crippen molar-refractivity contribution in [3.05, 3.63) is 82.8 Å². The fraction of sp³-hybridized carbons (Fsp3) is 0.425. The van der Waals surface area contributed by atoms with Gasteiger partial charge in [0, 0.05) is 74.4 Å². The molecule has 0 spiro atoms. The number of carbonyl (C=O) groups is 5. The van der Waals surface area contributed by atoms with E-state index < -0.39 is 17.6 Å². The molecule has 5 aliphatic heterocycles. The molecule has 0 aliphatic carbocycles. The smallest absolute Gasteiger partial charge is 0.261 e. The molecule has 2 aromatic carbocycles. The van der Waals surface area contributed by atoms with Crippen LogP contribution in [-0.4, -0.2) is 115 Å². The van der Waals surface area contributed by atoms with Gasteiger partial charge in [-0.1, -0.05) is 6.07 Å². The van der Waals surface area contributed by atoms with Gasteiger partial charge in [-0.15, -0.1) is 0 Å². The first-order valence-corrected chi connectivity index (χ1v) is 19.1. The summed E-state index contributed by atoms with van der Waals surface area (Å²) in [4.78, 5) is 76.2. The number of amides is 5. The third-order valence-corrected chi connectivity index (χ3v) is 11.5. The number of nitrogens with one attached hydrogen (secondary N) is 2. The molecule has 56 heavy (non-hydrogen) atoms. The maximum Gasteiger partial charge on any atom is 0.261 e. The zero-order chi connectivity index (χ0) is 38.9. The van der Waals surface area contributed by atoms with Crippen molar-refractivity contribution < 1.29 is 33.1 Å². The first-order valence-electron chi connectivity index (χ1n) is 19.1. The van der Waals surface area contributed by atoms with E-state index in [-0.39, 0.29) is 61.8 Å². The minimum atomic E-state index is -1.42. The standard InChI is InChI=1S/C40H42FN9O6/c1-23(2)56-33-16-29-25(14-31(33)44-36(52)30-17-43-50-11-3-10-42-35(30)50)19-48(38(29)54)26-8-12-46(13-9-26)20-40(41)21-47(22-40)27-5-4-24-18-49(39(55)28(24)15-27)32-6-7-34(51)45-37(32)53/h3-5,10-11,14-17,23,26,32H,6-9,12-13,18-22H2,1-2H3,(H,44,52)(H,45,51,53). The summed E-state index contributed by atoms with van der Waals surface area (Å²) in [5, 5.41) is 9.50.